The van der Waals surface area contributed by atoms with Crippen molar-refractivity contribution in [2.24, 2.45) is 0 Å². The molecule has 2 N–H and O–H groups in total. The third kappa shape index (κ3) is 1.88. The van der Waals surface area contributed by atoms with Crippen molar-refractivity contribution in [3.8, 4) is 0 Å². The molecule has 0 aliphatic carbocycles. The summed E-state index contributed by atoms with van der Waals surface area (Å²) >= 11 is 0. The van der Waals surface area contributed by atoms with Gasteiger partial charge in [-0.2, -0.15) is 0 Å². The van der Waals surface area contributed by atoms with Gasteiger partial charge in [-0.3, -0.25) is 20.2 Å². The number of urea groups is 1. The average Bonchev–Trinajstić information content (AvgIpc) is 2.30. The molecule has 0 aromatic heterocycles. The van der Waals surface area contributed by atoms with E-state index in [1.165, 1.54) is 0 Å². The summed E-state index contributed by atoms with van der Waals surface area (Å²) in [6.07, 6.45) is 0.294. The largest absolute Gasteiger partial charge is 0.328 e. The SMILES string of the molecule is C.CCC1(c2ccccc2)C(=O)NC(=O)NC1=O. The quantitative estimate of drug-likeness (QED) is 0.775. The Labute approximate surface area is 106 Å². The lowest BCUT2D eigenvalue weighted by Crippen LogP contribution is -2.64. The number of amides is 4. The van der Waals surface area contributed by atoms with E-state index in [4.69, 9.17) is 0 Å². The van der Waals surface area contributed by atoms with Crippen LogP contribution in [0.3, 0.4) is 0 Å². The molecule has 0 saturated carbocycles. The van der Waals surface area contributed by atoms with Crippen LogP contribution in [0.15, 0.2) is 30.3 Å². The standard InChI is InChI=1S/C12H12N2O3.CH4/c1-2-12(8-6-4-3-5-7-8)9(15)13-11(17)14-10(12)16;/h3-7H,2H2,1H3,(H2,13,14,15,16,17);1H4. The number of nitrogens with one attached hydrogen (secondary N) is 2. The maximum atomic E-state index is 12.0. The van der Waals surface area contributed by atoms with E-state index in [9.17, 15) is 14.4 Å². The van der Waals surface area contributed by atoms with Crippen LogP contribution in [0.1, 0.15) is 26.3 Å². The Morgan fingerprint density at radius 3 is 1.94 bits per heavy atom. The van der Waals surface area contributed by atoms with Crippen molar-refractivity contribution in [2.75, 3.05) is 0 Å². The summed E-state index contributed by atoms with van der Waals surface area (Å²) in [4.78, 5) is 35.0. The molecule has 0 unspecified atom stereocenters. The molecule has 1 heterocycles. The smallest absolute Gasteiger partial charge is 0.277 e. The molecule has 96 valence electrons. The minimum Gasteiger partial charge on any atom is -0.277 e. The van der Waals surface area contributed by atoms with Gasteiger partial charge in [0.25, 0.3) is 0 Å². The van der Waals surface area contributed by atoms with Crippen molar-refractivity contribution in [2.45, 2.75) is 26.2 Å². The van der Waals surface area contributed by atoms with Crippen LogP contribution in [0.25, 0.3) is 0 Å². The van der Waals surface area contributed by atoms with Gasteiger partial charge >= 0.3 is 6.03 Å². The maximum Gasteiger partial charge on any atom is 0.328 e. The third-order valence-corrected chi connectivity index (χ3v) is 3.03. The topological polar surface area (TPSA) is 75.3 Å². The van der Waals surface area contributed by atoms with E-state index in [-0.39, 0.29) is 7.43 Å². The highest BCUT2D eigenvalue weighted by Crippen LogP contribution is 2.30. The van der Waals surface area contributed by atoms with E-state index in [0.29, 0.717) is 12.0 Å². The molecule has 0 atom stereocenters. The molecular formula is C13H16N2O3. The van der Waals surface area contributed by atoms with Crippen LogP contribution in [0.5, 0.6) is 0 Å². The third-order valence-electron chi connectivity index (χ3n) is 3.03. The van der Waals surface area contributed by atoms with Crippen molar-refractivity contribution in [1.82, 2.24) is 10.6 Å². The summed E-state index contributed by atoms with van der Waals surface area (Å²) in [5.74, 6) is -1.14. The van der Waals surface area contributed by atoms with Crippen molar-refractivity contribution >= 4 is 17.8 Å². The van der Waals surface area contributed by atoms with Gasteiger partial charge in [-0.25, -0.2) is 4.79 Å². The molecule has 1 aliphatic heterocycles. The van der Waals surface area contributed by atoms with Gasteiger partial charge in [-0.05, 0) is 12.0 Å². The molecule has 0 radical (unpaired) electrons. The number of rotatable bonds is 2. The summed E-state index contributed by atoms with van der Waals surface area (Å²) < 4.78 is 0. The summed E-state index contributed by atoms with van der Waals surface area (Å²) in [7, 11) is 0. The zero-order chi connectivity index (χ0) is 12.5. The molecule has 1 fully saturated rings. The lowest BCUT2D eigenvalue weighted by Gasteiger charge is -2.33. The van der Waals surface area contributed by atoms with Crippen LogP contribution in [-0.2, 0) is 15.0 Å². The summed E-state index contributed by atoms with van der Waals surface area (Å²) in [5.41, 5.74) is -0.722. The fraction of sp³-hybridized carbons (Fsp3) is 0.308. The van der Waals surface area contributed by atoms with E-state index in [2.05, 4.69) is 10.6 Å². The van der Waals surface area contributed by atoms with Gasteiger partial charge in [0, 0.05) is 0 Å². The molecule has 18 heavy (non-hydrogen) atoms. The van der Waals surface area contributed by atoms with Crippen LogP contribution in [0, 0.1) is 0 Å². The summed E-state index contributed by atoms with van der Waals surface area (Å²) in [5, 5.41) is 4.28. The van der Waals surface area contributed by atoms with Gasteiger partial charge in [-0.15, -0.1) is 0 Å². The van der Waals surface area contributed by atoms with E-state index in [0.717, 1.165) is 0 Å². The van der Waals surface area contributed by atoms with Gasteiger partial charge in [0.2, 0.25) is 11.8 Å². The summed E-state index contributed by atoms with van der Waals surface area (Å²) in [6, 6.07) is 7.96. The van der Waals surface area contributed by atoms with E-state index >= 15 is 0 Å². The highest BCUT2D eigenvalue weighted by molar-refractivity contribution is 6.22. The highest BCUT2D eigenvalue weighted by Gasteiger charge is 2.50. The van der Waals surface area contributed by atoms with Gasteiger partial charge < -0.3 is 0 Å². The molecule has 1 saturated heterocycles. The number of hydrogen-bond donors (Lipinski definition) is 2. The zero-order valence-electron chi connectivity index (χ0n) is 9.32. The predicted molar refractivity (Wildman–Crippen MR) is 66.8 cm³/mol. The first-order chi connectivity index (χ1) is 8.11. The molecule has 1 aliphatic rings. The Morgan fingerprint density at radius 1 is 1.00 bits per heavy atom. The Hall–Kier alpha value is -2.17. The minimum absolute atomic E-state index is 0. The second-order valence-corrected chi connectivity index (χ2v) is 3.86. The van der Waals surface area contributed by atoms with Crippen molar-refractivity contribution < 1.29 is 14.4 Å². The average molecular weight is 248 g/mol. The molecule has 1 aromatic rings. The van der Waals surface area contributed by atoms with E-state index < -0.39 is 23.3 Å². The monoisotopic (exact) mass is 248 g/mol. The van der Waals surface area contributed by atoms with Crippen molar-refractivity contribution in [1.29, 1.82) is 0 Å². The second kappa shape index (κ2) is 5.00. The summed E-state index contributed by atoms with van der Waals surface area (Å²) in [6.45, 7) is 1.74. The highest BCUT2D eigenvalue weighted by atomic mass is 16.2. The molecule has 0 spiro atoms. The van der Waals surface area contributed by atoms with Crippen molar-refractivity contribution in [3.05, 3.63) is 35.9 Å². The zero-order valence-corrected chi connectivity index (χ0v) is 9.32. The molecule has 5 nitrogen and oxygen atoms in total. The Morgan fingerprint density at radius 2 is 1.50 bits per heavy atom. The number of barbiturate groups is 1. The molecule has 1 aromatic carbocycles. The number of hydrogen-bond acceptors (Lipinski definition) is 3. The predicted octanol–water partition coefficient (Wildman–Crippen LogP) is 1.34. The van der Waals surface area contributed by atoms with Crippen LogP contribution >= 0.6 is 0 Å². The van der Waals surface area contributed by atoms with Crippen LogP contribution < -0.4 is 10.6 Å². The fourth-order valence-corrected chi connectivity index (χ4v) is 2.06. The lowest BCUT2D eigenvalue weighted by molar-refractivity contribution is -0.138. The number of carbonyl (C=O) groups is 3. The minimum atomic E-state index is -1.31. The first-order valence-electron chi connectivity index (χ1n) is 5.33. The first-order valence-corrected chi connectivity index (χ1v) is 5.33. The molecule has 4 amide bonds. The van der Waals surface area contributed by atoms with Crippen LogP contribution in [0.2, 0.25) is 0 Å². The Kier molecular flexibility index (Phi) is 3.86. The van der Waals surface area contributed by atoms with E-state index in [1.54, 1.807) is 37.3 Å². The van der Waals surface area contributed by atoms with Gasteiger partial charge in [0.15, 0.2) is 5.41 Å². The number of carbonyl (C=O) groups excluding carboxylic acids is 3. The van der Waals surface area contributed by atoms with Gasteiger partial charge in [0.05, 0.1) is 0 Å². The molecule has 0 bridgehead atoms. The second-order valence-electron chi connectivity index (χ2n) is 3.86. The maximum absolute atomic E-state index is 12.0. The van der Waals surface area contributed by atoms with Crippen molar-refractivity contribution in [3.63, 3.8) is 0 Å². The molecule has 5 heteroatoms. The van der Waals surface area contributed by atoms with E-state index in [1.807, 2.05) is 0 Å². The van der Waals surface area contributed by atoms with Crippen LogP contribution in [-0.4, -0.2) is 17.8 Å². The first kappa shape index (κ1) is 13.9. The lowest BCUT2D eigenvalue weighted by atomic mass is 9.75. The number of imide groups is 2. The Balaban J connectivity index is 0.00000162. The van der Waals surface area contributed by atoms with Crippen LogP contribution in [0.4, 0.5) is 4.79 Å². The number of benzene rings is 1. The fourth-order valence-electron chi connectivity index (χ4n) is 2.06. The molecule has 2 rings (SSSR count). The molecular weight excluding hydrogens is 232 g/mol. The van der Waals surface area contributed by atoms with Gasteiger partial charge in [0.1, 0.15) is 0 Å². The normalized spacial score (nSPS) is 17.5. The Bertz CT molecular complexity index is 462. The van der Waals surface area contributed by atoms with Gasteiger partial charge in [-0.1, -0.05) is 44.7 Å².